The predicted octanol–water partition coefficient (Wildman–Crippen LogP) is 3.45. The number of rotatable bonds is 6. The van der Waals surface area contributed by atoms with E-state index in [1.54, 1.807) is 13.3 Å². The summed E-state index contributed by atoms with van der Waals surface area (Å²) < 4.78 is 31.3. The first-order valence-electron chi connectivity index (χ1n) is 10.4. The van der Waals surface area contributed by atoms with Gasteiger partial charge in [0.1, 0.15) is 5.75 Å². The van der Waals surface area contributed by atoms with Crippen molar-refractivity contribution >= 4 is 20.9 Å². The lowest BCUT2D eigenvalue weighted by molar-refractivity contribution is 0.148. The molecule has 0 unspecified atom stereocenters. The molecule has 0 radical (unpaired) electrons. The molecule has 0 amide bonds. The zero-order valence-electron chi connectivity index (χ0n) is 18.3. The third kappa shape index (κ3) is 5.97. The summed E-state index contributed by atoms with van der Waals surface area (Å²) >= 11 is 0. The monoisotopic (exact) mass is 441 g/mol. The number of fused-ring (bicyclic) bond motifs is 1. The molecular formula is C24H31N3O3S. The Kier molecular flexibility index (Phi) is 7.90. The number of nitrogens with zero attached hydrogens (tertiary/aromatic N) is 3. The molecule has 0 atom stereocenters. The highest BCUT2D eigenvalue weighted by Crippen LogP contribution is 2.25. The van der Waals surface area contributed by atoms with Crippen molar-refractivity contribution in [2.24, 2.45) is 0 Å². The van der Waals surface area contributed by atoms with Gasteiger partial charge in [-0.25, -0.2) is 12.4 Å². The Morgan fingerprint density at radius 2 is 1.65 bits per heavy atom. The minimum absolute atomic E-state index is 0.0559. The van der Waals surface area contributed by atoms with E-state index in [4.69, 9.17) is 4.74 Å². The first-order valence-corrected chi connectivity index (χ1v) is 12.0. The maximum absolute atomic E-state index is 12.5. The second kappa shape index (κ2) is 10.6. The molecule has 4 rings (SSSR count). The number of piperazine rings is 1. The Morgan fingerprint density at radius 3 is 2.26 bits per heavy atom. The van der Waals surface area contributed by atoms with Crippen molar-refractivity contribution in [2.75, 3.05) is 46.1 Å². The fourth-order valence-electron chi connectivity index (χ4n) is 3.61. The van der Waals surface area contributed by atoms with Gasteiger partial charge >= 0.3 is 0 Å². The zero-order chi connectivity index (χ0) is 22.3. The van der Waals surface area contributed by atoms with Crippen molar-refractivity contribution in [3.05, 3.63) is 79.0 Å². The van der Waals surface area contributed by atoms with Gasteiger partial charge < -0.3 is 9.64 Å². The summed E-state index contributed by atoms with van der Waals surface area (Å²) in [4.78, 5) is 4.69. The van der Waals surface area contributed by atoms with Crippen LogP contribution < -0.4 is 4.74 Å². The van der Waals surface area contributed by atoms with Crippen molar-refractivity contribution < 1.29 is 13.2 Å². The van der Waals surface area contributed by atoms with E-state index in [1.165, 1.54) is 10.0 Å². The standard InChI is InChI=1S/C17H23N3O2S.C7H8O/c1-3-12-23(21,22)20-14-15(16-6-4-5-7-17(16)20)13-19-10-8-18(2)9-11-19;1-8-7-5-3-2-4-6-7/h3-7,14H,1,8-13H2,2H3;2-6H,1H3. The summed E-state index contributed by atoms with van der Waals surface area (Å²) in [5, 5.41) is 1.01. The normalized spacial score (nSPS) is 15.3. The minimum atomic E-state index is -3.39. The van der Waals surface area contributed by atoms with Crippen LogP contribution in [-0.4, -0.2) is 68.3 Å². The summed E-state index contributed by atoms with van der Waals surface area (Å²) in [7, 11) is 0.398. The topological polar surface area (TPSA) is 54.8 Å². The maximum atomic E-state index is 12.5. The van der Waals surface area contributed by atoms with Crippen LogP contribution in [0.2, 0.25) is 0 Å². The predicted molar refractivity (Wildman–Crippen MR) is 127 cm³/mol. The van der Waals surface area contributed by atoms with Gasteiger partial charge in [-0.2, -0.15) is 0 Å². The van der Waals surface area contributed by atoms with Crippen LogP contribution in [-0.2, 0) is 16.6 Å². The van der Waals surface area contributed by atoms with E-state index >= 15 is 0 Å². The molecule has 7 heteroatoms. The molecule has 1 aliphatic heterocycles. The van der Waals surface area contributed by atoms with Gasteiger partial charge in [0.2, 0.25) is 10.0 Å². The highest BCUT2D eigenvalue weighted by molar-refractivity contribution is 7.90. The van der Waals surface area contributed by atoms with E-state index in [9.17, 15) is 8.42 Å². The number of ether oxygens (including phenoxy) is 1. The van der Waals surface area contributed by atoms with Crippen molar-refractivity contribution in [3.63, 3.8) is 0 Å². The summed E-state index contributed by atoms with van der Waals surface area (Å²) in [6.07, 6.45) is 3.21. The van der Waals surface area contributed by atoms with Crippen LogP contribution in [0.3, 0.4) is 0 Å². The van der Waals surface area contributed by atoms with Crippen LogP contribution in [0.25, 0.3) is 10.9 Å². The Hall–Kier alpha value is -2.61. The smallest absolute Gasteiger partial charge is 0.242 e. The molecule has 0 saturated carbocycles. The van der Waals surface area contributed by atoms with Crippen LogP contribution in [0.1, 0.15) is 5.56 Å². The van der Waals surface area contributed by atoms with E-state index in [0.717, 1.165) is 54.9 Å². The zero-order valence-corrected chi connectivity index (χ0v) is 19.1. The fraction of sp³-hybridized carbons (Fsp3) is 0.333. The van der Waals surface area contributed by atoms with Gasteiger partial charge in [-0.05, 0) is 30.8 Å². The first-order chi connectivity index (χ1) is 14.9. The molecule has 0 bridgehead atoms. The van der Waals surface area contributed by atoms with Crippen LogP contribution in [0, 0.1) is 0 Å². The van der Waals surface area contributed by atoms with Crippen molar-refractivity contribution in [1.29, 1.82) is 0 Å². The fourth-order valence-corrected chi connectivity index (χ4v) is 4.81. The van der Waals surface area contributed by atoms with Gasteiger partial charge in [-0.15, -0.1) is 6.58 Å². The Balaban J connectivity index is 0.000000287. The molecule has 1 aromatic heterocycles. The average molecular weight is 442 g/mol. The molecule has 1 fully saturated rings. The molecule has 31 heavy (non-hydrogen) atoms. The molecule has 0 spiro atoms. The third-order valence-corrected chi connectivity index (χ3v) is 6.92. The van der Waals surface area contributed by atoms with Gasteiger partial charge in [-0.1, -0.05) is 42.5 Å². The maximum Gasteiger partial charge on any atom is 0.242 e. The molecule has 0 N–H and O–H groups in total. The van der Waals surface area contributed by atoms with E-state index in [1.807, 2.05) is 54.6 Å². The van der Waals surface area contributed by atoms with E-state index in [0.29, 0.717) is 0 Å². The lowest BCUT2D eigenvalue weighted by atomic mass is 10.1. The van der Waals surface area contributed by atoms with Gasteiger partial charge in [0.05, 0.1) is 18.4 Å². The summed E-state index contributed by atoms with van der Waals surface area (Å²) in [5.74, 6) is 0.854. The van der Waals surface area contributed by atoms with Gasteiger partial charge in [-0.3, -0.25) is 4.90 Å². The molecule has 2 heterocycles. The second-order valence-electron chi connectivity index (χ2n) is 7.63. The molecular weight excluding hydrogens is 410 g/mol. The highest BCUT2D eigenvalue weighted by Gasteiger charge is 2.20. The van der Waals surface area contributed by atoms with Crippen molar-refractivity contribution in [2.45, 2.75) is 6.54 Å². The van der Waals surface area contributed by atoms with Crippen LogP contribution in [0.5, 0.6) is 5.75 Å². The summed E-state index contributed by atoms with van der Waals surface area (Å²) in [6, 6.07) is 17.4. The number of hydrogen-bond donors (Lipinski definition) is 0. The first kappa shape index (κ1) is 23.1. The number of likely N-dealkylation sites (N-methyl/N-ethyl adjacent to an activating group) is 1. The minimum Gasteiger partial charge on any atom is -0.497 e. The Morgan fingerprint density at radius 1 is 1.00 bits per heavy atom. The van der Waals surface area contributed by atoms with E-state index < -0.39 is 10.0 Å². The van der Waals surface area contributed by atoms with Crippen molar-refractivity contribution in [3.8, 4) is 5.75 Å². The Labute approximate surface area is 185 Å². The number of para-hydroxylation sites is 2. The third-order valence-electron chi connectivity index (χ3n) is 5.36. The highest BCUT2D eigenvalue weighted by atomic mass is 32.2. The van der Waals surface area contributed by atoms with E-state index in [-0.39, 0.29) is 5.75 Å². The van der Waals surface area contributed by atoms with E-state index in [2.05, 4.69) is 23.4 Å². The van der Waals surface area contributed by atoms with Crippen molar-refractivity contribution in [1.82, 2.24) is 13.8 Å². The number of hydrogen-bond acceptors (Lipinski definition) is 5. The summed E-state index contributed by atoms with van der Waals surface area (Å²) in [5.41, 5.74) is 1.82. The lowest BCUT2D eigenvalue weighted by Crippen LogP contribution is -2.43. The number of aromatic nitrogens is 1. The molecule has 3 aromatic rings. The molecule has 166 valence electrons. The Bertz CT molecular complexity index is 1090. The molecule has 0 aliphatic carbocycles. The molecule has 1 aliphatic rings. The summed E-state index contributed by atoms with van der Waals surface area (Å²) in [6.45, 7) is 8.45. The SMILES string of the molecule is C=CCS(=O)(=O)n1cc(CN2CCN(C)CC2)c2ccccc21.COc1ccccc1. The largest absolute Gasteiger partial charge is 0.497 e. The number of benzene rings is 2. The van der Waals surface area contributed by atoms with Gasteiger partial charge in [0.25, 0.3) is 0 Å². The number of methoxy groups -OCH3 is 1. The van der Waals surface area contributed by atoms with Gasteiger partial charge in [0.15, 0.2) is 0 Å². The van der Waals surface area contributed by atoms with Crippen LogP contribution in [0.15, 0.2) is 73.4 Å². The van der Waals surface area contributed by atoms with Gasteiger partial charge in [0, 0.05) is 44.3 Å². The second-order valence-corrected chi connectivity index (χ2v) is 9.52. The van der Waals surface area contributed by atoms with Crippen LogP contribution in [0.4, 0.5) is 0 Å². The molecule has 2 aromatic carbocycles. The average Bonchev–Trinajstić information content (AvgIpc) is 3.16. The van der Waals surface area contributed by atoms with Crippen LogP contribution >= 0.6 is 0 Å². The lowest BCUT2D eigenvalue weighted by Gasteiger charge is -2.32. The molecule has 6 nitrogen and oxygen atoms in total. The molecule has 1 saturated heterocycles. The quantitative estimate of drug-likeness (QED) is 0.549.